The van der Waals surface area contributed by atoms with Crippen LogP contribution in [0.5, 0.6) is 0 Å². The molecule has 0 saturated heterocycles. The van der Waals surface area contributed by atoms with Crippen molar-refractivity contribution >= 4 is 5.91 Å². The zero-order valence-corrected chi connectivity index (χ0v) is 7.80. The van der Waals surface area contributed by atoms with Crippen LogP contribution in [-0.4, -0.2) is 19.2 Å². The Morgan fingerprint density at radius 3 is 2.92 bits per heavy atom. The van der Waals surface area contributed by atoms with Gasteiger partial charge in [0.15, 0.2) is 0 Å². The third-order valence-corrected chi connectivity index (χ3v) is 1.31. The number of amides is 1. The van der Waals surface area contributed by atoms with Gasteiger partial charge in [-0.05, 0) is 19.4 Å². The molecule has 70 valence electrons. The molecule has 1 amide bonds. The molecule has 3 nitrogen and oxygen atoms in total. The average Bonchev–Trinajstić information content (AvgIpc) is 2.05. The summed E-state index contributed by atoms with van der Waals surface area (Å²) in [6.45, 7) is 4.93. The van der Waals surface area contributed by atoms with Crippen molar-refractivity contribution < 1.29 is 9.53 Å². The first-order valence-corrected chi connectivity index (χ1v) is 4.29. The summed E-state index contributed by atoms with van der Waals surface area (Å²) < 4.78 is 5.13. The van der Waals surface area contributed by atoms with Gasteiger partial charge in [-0.15, -0.1) is 0 Å². The van der Waals surface area contributed by atoms with Crippen molar-refractivity contribution in [2.45, 2.75) is 26.7 Å². The highest BCUT2D eigenvalue weighted by Crippen LogP contribution is 1.85. The van der Waals surface area contributed by atoms with E-state index in [9.17, 15) is 4.79 Å². The maximum absolute atomic E-state index is 10.8. The molecule has 0 aromatic heterocycles. The van der Waals surface area contributed by atoms with Crippen LogP contribution in [0.1, 0.15) is 26.7 Å². The molecule has 0 aliphatic rings. The number of unbranched alkanes of at least 4 members (excludes halogenated alkanes) is 1. The number of rotatable bonds is 6. The van der Waals surface area contributed by atoms with Crippen LogP contribution in [0.15, 0.2) is 12.2 Å². The van der Waals surface area contributed by atoms with Crippen molar-refractivity contribution in [2.24, 2.45) is 0 Å². The van der Waals surface area contributed by atoms with Gasteiger partial charge in [0.25, 0.3) is 0 Å². The summed E-state index contributed by atoms with van der Waals surface area (Å²) in [4.78, 5) is 10.8. The van der Waals surface area contributed by atoms with Crippen LogP contribution >= 0.6 is 0 Å². The highest BCUT2D eigenvalue weighted by Gasteiger charge is 1.91. The molecule has 3 heteroatoms. The molecule has 0 unspecified atom stereocenters. The first kappa shape index (κ1) is 11.2. The molecule has 0 aliphatic heterocycles. The predicted molar refractivity (Wildman–Crippen MR) is 48.7 cm³/mol. The lowest BCUT2D eigenvalue weighted by Crippen LogP contribution is -2.24. The quantitative estimate of drug-likeness (QED) is 0.373. The van der Waals surface area contributed by atoms with E-state index in [1.807, 2.05) is 0 Å². The Hall–Kier alpha value is -0.830. The van der Waals surface area contributed by atoms with Gasteiger partial charge in [-0.25, -0.2) is 0 Å². The number of carbonyl (C=O) groups excluding carboxylic acids is 1. The van der Waals surface area contributed by atoms with E-state index in [1.54, 1.807) is 13.0 Å². The normalized spacial score (nSPS) is 10.5. The van der Waals surface area contributed by atoms with Gasteiger partial charge in [-0.2, -0.15) is 0 Å². The fourth-order valence-electron chi connectivity index (χ4n) is 0.651. The number of hydrogen-bond donors (Lipinski definition) is 1. The average molecular weight is 171 g/mol. The van der Waals surface area contributed by atoms with Gasteiger partial charge in [0.2, 0.25) is 5.91 Å². The second-order valence-corrected chi connectivity index (χ2v) is 2.45. The van der Waals surface area contributed by atoms with Gasteiger partial charge in [0.1, 0.15) is 6.73 Å². The highest BCUT2D eigenvalue weighted by atomic mass is 16.5. The Morgan fingerprint density at radius 2 is 2.33 bits per heavy atom. The van der Waals surface area contributed by atoms with Crippen LogP contribution in [0.3, 0.4) is 0 Å². The highest BCUT2D eigenvalue weighted by molar-refractivity contribution is 5.87. The Labute approximate surface area is 73.8 Å². The predicted octanol–water partition coefficient (Wildman–Crippen LogP) is 1.45. The number of allylic oxidation sites excluding steroid dienone is 1. The molecule has 1 N–H and O–H groups in total. The molecule has 0 aliphatic carbocycles. The van der Waals surface area contributed by atoms with Gasteiger partial charge in [0, 0.05) is 6.61 Å². The maximum atomic E-state index is 10.8. The van der Waals surface area contributed by atoms with E-state index in [1.165, 1.54) is 6.08 Å². The lowest BCUT2D eigenvalue weighted by molar-refractivity contribution is -0.118. The van der Waals surface area contributed by atoms with Crippen molar-refractivity contribution in [3.8, 4) is 0 Å². The van der Waals surface area contributed by atoms with E-state index < -0.39 is 0 Å². The van der Waals surface area contributed by atoms with Gasteiger partial charge < -0.3 is 10.1 Å². The van der Waals surface area contributed by atoms with Crippen molar-refractivity contribution in [1.29, 1.82) is 0 Å². The van der Waals surface area contributed by atoms with E-state index in [0.717, 1.165) is 12.8 Å². The minimum Gasteiger partial charge on any atom is -0.361 e. The summed E-state index contributed by atoms with van der Waals surface area (Å²) in [5.41, 5.74) is 0. The number of nitrogens with one attached hydrogen (secondary N) is 1. The fourth-order valence-corrected chi connectivity index (χ4v) is 0.651. The zero-order chi connectivity index (χ0) is 9.23. The Balaban J connectivity index is 3.14. The van der Waals surface area contributed by atoms with Crippen LogP contribution in [0.2, 0.25) is 0 Å². The molecule has 0 atom stereocenters. The smallest absolute Gasteiger partial charge is 0.245 e. The molecular weight excluding hydrogens is 154 g/mol. The van der Waals surface area contributed by atoms with Gasteiger partial charge in [-0.1, -0.05) is 19.4 Å². The molecule has 0 fully saturated rings. The summed E-state index contributed by atoms with van der Waals surface area (Å²) in [7, 11) is 0. The SMILES string of the molecule is C/C=C/C(=O)NCOCCCC. The topological polar surface area (TPSA) is 38.3 Å². The third kappa shape index (κ3) is 7.28. The lowest BCUT2D eigenvalue weighted by atomic mass is 10.4. The molecule has 0 aromatic rings. The first-order chi connectivity index (χ1) is 5.81. The number of carbonyl (C=O) groups is 1. The van der Waals surface area contributed by atoms with Crippen molar-refractivity contribution in [3.63, 3.8) is 0 Å². The molecule has 0 saturated carbocycles. The monoisotopic (exact) mass is 171 g/mol. The molecule has 0 radical (unpaired) electrons. The summed E-state index contributed by atoms with van der Waals surface area (Å²) >= 11 is 0. The molecule has 0 rings (SSSR count). The van der Waals surface area contributed by atoms with Crippen molar-refractivity contribution in [3.05, 3.63) is 12.2 Å². The van der Waals surface area contributed by atoms with Crippen LogP contribution in [-0.2, 0) is 9.53 Å². The molecule has 0 aromatic carbocycles. The molecular formula is C9H17NO2. The summed E-state index contributed by atoms with van der Waals surface area (Å²) in [6, 6.07) is 0. The van der Waals surface area contributed by atoms with Crippen LogP contribution in [0.25, 0.3) is 0 Å². The first-order valence-electron chi connectivity index (χ1n) is 4.29. The maximum Gasteiger partial charge on any atom is 0.245 e. The largest absolute Gasteiger partial charge is 0.361 e. The summed E-state index contributed by atoms with van der Waals surface area (Å²) in [5.74, 6) is -0.103. The van der Waals surface area contributed by atoms with E-state index in [4.69, 9.17) is 4.74 Å². The summed E-state index contributed by atoms with van der Waals surface area (Å²) in [6.07, 6.45) is 5.33. The zero-order valence-electron chi connectivity index (χ0n) is 7.80. The van der Waals surface area contributed by atoms with Crippen molar-refractivity contribution in [1.82, 2.24) is 5.32 Å². The summed E-state index contributed by atoms with van der Waals surface area (Å²) in [5, 5.41) is 2.59. The molecule has 0 spiro atoms. The fraction of sp³-hybridized carbons (Fsp3) is 0.667. The second-order valence-electron chi connectivity index (χ2n) is 2.45. The van der Waals surface area contributed by atoms with Gasteiger partial charge in [-0.3, -0.25) is 4.79 Å². The molecule has 0 bridgehead atoms. The van der Waals surface area contributed by atoms with E-state index >= 15 is 0 Å². The minimum atomic E-state index is -0.103. The number of ether oxygens (including phenoxy) is 1. The third-order valence-electron chi connectivity index (χ3n) is 1.31. The van der Waals surface area contributed by atoms with Crippen molar-refractivity contribution in [2.75, 3.05) is 13.3 Å². The molecule has 0 heterocycles. The lowest BCUT2D eigenvalue weighted by Gasteiger charge is -2.02. The van der Waals surface area contributed by atoms with Crippen LogP contribution in [0, 0.1) is 0 Å². The van der Waals surface area contributed by atoms with Gasteiger partial charge >= 0.3 is 0 Å². The van der Waals surface area contributed by atoms with Gasteiger partial charge in [0.05, 0.1) is 0 Å². The Kier molecular flexibility index (Phi) is 7.70. The van der Waals surface area contributed by atoms with Crippen LogP contribution < -0.4 is 5.32 Å². The van der Waals surface area contributed by atoms with E-state index in [0.29, 0.717) is 13.3 Å². The standard InChI is InChI=1S/C9H17NO2/c1-3-5-7-12-8-10-9(11)6-4-2/h4,6H,3,5,7-8H2,1-2H3,(H,10,11)/b6-4+. The van der Waals surface area contributed by atoms with E-state index in [-0.39, 0.29) is 5.91 Å². The van der Waals surface area contributed by atoms with E-state index in [2.05, 4.69) is 12.2 Å². The Bertz CT molecular complexity index is 143. The Morgan fingerprint density at radius 1 is 1.58 bits per heavy atom. The number of hydrogen-bond acceptors (Lipinski definition) is 2. The molecule has 12 heavy (non-hydrogen) atoms. The van der Waals surface area contributed by atoms with Crippen LogP contribution in [0.4, 0.5) is 0 Å². The second kappa shape index (κ2) is 8.27. The minimum absolute atomic E-state index is 0.103.